The highest BCUT2D eigenvalue weighted by molar-refractivity contribution is 5.23. The van der Waals surface area contributed by atoms with Crippen LogP contribution in [0.5, 0.6) is 5.75 Å². The first-order chi connectivity index (χ1) is 8.09. The van der Waals surface area contributed by atoms with Crippen LogP contribution in [0.4, 0.5) is 4.39 Å². The van der Waals surface area contributed by atoms with E-state index in [1.54, 1.807) is 12.1 Å². The van der Waals surface area contributed by atoms with Crippen LogP contribution in [0.3, 0.4) is 0 Å². The zero-order valence-electron chi connectivity index (χ0n) is 10.9. The largest absolute Gasteiger partial charge is 0.486 e. The third kappa shape index (κ3) is 4.73. The lowest BCUT2D eigenvalue weighted by Gasteiger charge is -2.30. The molecule has 17 heavy (non-hydrogen) atoms. The molecule has 0 amide bonds. The first-order valence-corrected chi connectivity index (χ1v) is 6.25. The molecular formula is C14H22FNO. The number of hydrogen-bond acceptors (Lipinski definition) is 2. The predicted octanol–water partition coefficient (Wildman–Crippen LogP) is 3.37. The van der Waals surface area contributed by atoms with Gasteiger partial charge in [-0.1, -0.05) is 13.8 Å². The fraction of sp³-hybridized carbons (Fsp3) is 0.571. The highest BCUT2D eigenvalue weighted by Gasteiger charge is 2.23. The topological polar surface area (TPSA) is 21.3 Å². The van der Waals surface area contributed by atoms with Crippen LogP contribution in [0.2, 0.25) is 0 Å². The molecule has 0 saturated heterocycles. The molecule has 1 rings (SSSR count). The summed E-state index contributed by atoms with van der Waals surface area (Å²) in [6.07, 6.45) is 2.01. The van der Waals surface area contributed by atoms with Crippen molar-refractivity contribution < 1.29 is 9.13 Å². The van der Waals surface area contributed by atoms with Crippen LogP contribution < -0.4 is 10.1 Å². The fourth-order valence-electron chi connectivity index (χ4n) is 1.55. The van der Waals surface area contributed by atoms with Crippen molar-refractivity contribution >= 4 is 0 Å². The lowest BCUT2D eigenvalue weighted by molar-refractivity contribution is 0.0837. The Kier molecular flexibility index (Phi) is 5.42. The van der Waals surface area contributed by atoms with Gasteiger partial charge in [-0.15, -0.1) is 0 Å². The lowest BCUT2D eigenvalue weighted by Crippen LogP contribution is -2.42. The van der Waals surface area contributed by atoms with Crippen molar-refractivity contribution in [2.24, 2.45) is 0 Å². The van der Waals surface area contributed by atoms with Gasteiger partial charge in [0.15, 0.2) is 0 Å². The Morgan fingerprint density at radius 3 is 2.41 bits per heavy atom. The second-order valence-electron chi connectivity index (χ2n) is 4.54. The quantitative estimate of drug-likeness (QED) is 0.737. The Bertz CT molecular complexity index is 325. The standard InChI is InChI=1S/C14H22FNO/c1-4-10-16-11-14(3,5-2)17-13-8-6-12(15)7-9-13/h6-9,16H,4-5,10-11H2,1-3H3. The maximum Gasteiger partial charge on any atom is 0.123 e. The SMILES string of the molecule is CCCNCC(C)(CC)Oc1ccc(F)cc1. The van der Waals surface area contributed by atoms with Crippen LogP contribution in [0.15, 0.2) is 24.3 Å². The van der Waals surface area contributed by atoms with Gasteiger partial charge in [0, 0.05) is 6.54 Å². The van der Waals surface area contributed by atoms with E-state index >= 15 is 0 Å². The molecule has 0 bridgehead atoms. The highest BCUT2D eigenvalue weighted by Crippen LogP contribution is 2.21. The number of ether oxygens (including phenoxy) is 1. The van der Waals surface area contributed by atoms with Crippen LogP contribution >= 0.6 is 0 Å². The summed E-state index contributed by atoms with van der Waals surface area (Å²) in [6, 6.07) is 6.18. The van der Waals surface area contributed by atoms with Gasteiger partial charge in [0.25, 0.3) is 0 Å². The molecular weight excluding hydrogens is 217 g/mol. The van der Waals surface area contributed by atoms with Crippen molar-refractivity contribution in [1.29, 1.82) is 0 Å². The van der Waals surface area contributed by atoms with Crippen molar-refractivity contribution in [3.05, 3.63) is 30.1 Å². The Morgan fingerprint density at radius 1 is 1.24 bits per heavy atom. The molecule has 0 aliphatic rings. The third-order valence-electron chi connectivity index (χ3n) is 2.85. The molecule has 0 aromatic heterocycles. The van der Waals surface area contributed by atoms with E-state index in [1.165, 1.54) is 12.1 Å². The molecule has 0 radical (unpaired) electrons. The predicted molar refractivity (Wildman–Crippen MR) is 68.9 cm³/mol. The maximum atomic E-state index is 12.8. The molecule has 3 heteroatoms. The average Bonchev–Trinajstić information content (AvgIpc) is 2.33. The van der Waals surface area contributed by atoms with E-state index in [0.717, 1.165) is 25.9 Å². The normalized spacial score (nSPS) is 14.4. The van der Waals surface area contributed by atoms with Crippen LogP contribution in [0.25, 0.3) is 0 Å². The van der Waals surface area contributed by atoms with Gasteiger partial charge in [0.05, 0.1) is 0 Å². The summed E-state index contributed by atoms with van der Waals surface area (Å²) in [5.74, 6) is 0.480. The third-order valence-corrected chi connectivity index (χ3v) is 2.85. The first-order valence-electron chi connectivity index (χ1n) is 6.25. The van der Waals surface area contributed by atoms with Crippen molar-refractivity contribution in [1.82, 2.24) is 5.32 Å². The minimum absolute atomic E-state index is 0.236. The Hall–Kier alpha value is -1.09. The second-order valence-corrected chi connectivity index (χ2v) is 4.54. The Balaban J connectivity index is 2.58. The Morgan fingerprint density at radius 2 is 1.88 bits per heavy atom. The van der Waals surface area contributed by atoms with E-state index in [4.69, 9.17) is 4.74 Å². The fourth-order valence-corrected chi connectivity index (χ4v) is 1.55. The molecule has 1 atom stereocenters. The van der Waals surface area contributed by atoms with E-state index < -0.39 is 0 Å². The zero-order valence-corrected chi connectivity index (χ0v) is 10.9. The minimum atomic E-state index is -0.243. The van der Waals surface area contributed by atoms with Gasteiger partial charge in [-0.3, -0.25) is 0 Å². The van der Waals surface area contributed by atoms with E-state index in [2.05, 4.69) is 26.1 Å². The molecule has 0 saturated carbocycles. The number of nitrogens with one attached hydrogen (secondary N) is 1. The molecule has 0 heterocycles. The average molecular weight is 239 g/mol. The van der Waals surface area contributed by atoms with E-state index in [9.17, 15) is 4.39 Å². The monoisotopic (exact) mass is 239 g/mol. The van der Waals surface area contributed by atoms with Crippen LogP contribution in [0.1, 0.15) is 33.6 Å². The second kappa shape index (κ2) is 6.60. The molecule has 1 N–H and O–H groups in total. The summed E-state index contributed by atoms with van der Waals surface area (Å²) in [5.41, 5.74) is -0.243. The van der Waals surface area contributed by atoms with Gasteiger partial charge in [0.1, 0.15) is 17.2 Å². The molecule has 1 unspecified atom stereocenters. The van der Waals surface area contributed by atoms with Crippen molar-refractivity contribution in [2.45, 2.75) is 39.2 Å². The summed E-state index contributed by atoms with van der Waals surface area (Å²) < 4.78 is 18.7. The van der Waals surface area contributed by atoms with Crippen LogP contribution in [-0.2, 0) is 0 Å². The van der Waals surface area contributed by atoms with E-state index in [0.29, 0.717) is 5.75 Å². The van der Waals surface area contributed by atoms with Crippen molar-refractivity contribution in [2.75, 3.05) is 13.1 Å². The molecule has 96 valence electrons. The molecule has 2 nitrogen and oxygen atoms in total. The zero-order chi connectivity index (χ0) is 12.7. The van der Waals surface area contributed by atoms with Gasteiger partial charge < -0.3 is 10.1 Å². The molecule has 1 aromatic rings. The molecule has 0 fully saturated rings. The van der Waals surface area contributed by atoms with Gasteiger partial charge in [-0.2, -0.15) is 0 Å². The van der Waals surface area contributed by atoms with Crippen molar-refractivity contribution in [3.8, 4) is 5.75 Å². The van der Waals surface area contributed by atoms with Gasteiger partial charge in [0.2, 0.25) is 0 Å². The smallest absolute Gasteiger partial charge is 0.123 e. The number of halogens is 1. The van der Waals surface area contributed by atoms with Gasteiger partial charge >= 0.3 is 0 Å². The van der Waals surface area contributed by atoms with E-state index in [-0.39, 0.29) is 11.4 Å². The number of rotatable bonds is 7. The number of hydrogen-bond donors (Lipinski definition) is 1. The Labute approximate surface area is 103 Å². The molecule has 1 aromatic carbocycles. The van der Waals surface area contributed by atoms with Crippen LogP contribution in [0, 0.1) is 5.82 Å². The number of benzene rings is 1. The molecule has 0 aliphatic carbocycles. The summed E-state index contributed by atoms with van der Waals surface area (Å²) >= 11 is 0. The minimum Gasteiger partial charge on any atom is -0.486 e. The van der Waals surface area contributed by atoms with Crippen molar-refractivity contribution in [3.63, 3.8) is 0 Å². The van der Waals surface area contributed by atoms with Gasteiger partial charge in [-0.25, -0.2) is 4.39 Å². The van der Waals surface area contributed by atoms with Crippen LogP contribution in [-0.4, -0.2) is 18.7 Å². The maximum absolute atomic E-state index is 12.8. The summed E-state index contributed by atoms with van der Waals surface area (Å²) in [6.45, 7) is 8.09. The summed E-state index contributed by atoms with van der Waals surface area (Å²) in [5, 5.41) is 3.36. The summed E-state index contributed by atoms with van der Waals surface area (Å²) in [7, 11) is 0. The molecule has 0 spiro atoms. The van der Waals surface area contributed by atoms with Gasteiger partial charge in [-0.05, 0) is 50.6 Å². The lowest BCUT2D eigenvalue weighted by atomic mass is 10.0. The molecule has 0 aliphatic heterocycles. The first kappa shape index (κ1) is 14.0. The van der Waals surface area contributed by atoms with E-state index in [1.807, 2.05) is 0 Å². The summed E-state index contributed by atoms with van der Waals surface area (Å²) in [4.78, 5) is 0. The highest BCUT2D eigenvalue weighted by atomic mass is 19.1.